The molecule has 4 aromatic rings. The molecule has 0 fully saturated rings. The van der Waals surface area contributed by atoms with E-state index in [1.807, 2.05) is 48.5 Å². The van der Waals surface area contributed by atoms with E-state index in [1.165, 1.54) is 5.56 Å². The van der Waals surface area contributed by atoms with Crippen molar-refractivity contribution in [2.75, 3.05) is 13.3 Å². The average Bonchev–Trinajstić information content (AvgIpc) is 2.79. The molecule has 1 aliphatic heterocycles. The Hall–Kier alpha value is -3.37. The van der Waals surface area contributed by atoms with Gasteiger partial charge in [0.15, 0.2) is 0 Å². The molecule has 0 saturated heterocycles. The van der Waals surface area contributed by atoms with Gasteiger partial charge in [-0.15, -0.1) is 0 Å². The molecule has 4 nitrogen and oxygen atoms in total. The smallest absolute Gasteiger partial charge is 0.200 e. The van der Waals surface area contributed by atoms with E-state index in [4.69, 9.17) is 9.15 Å². The first-order chi connectivity index (χ1) is 14.3. The minimum absolute atomic E-state index is 0.0124. The molecule has 0 radical (unpaired) electrons. The van der Waals surface area contributed by atoms with Crippen LogP contribution >= 0.6 is 0 Å². The van der Waals surface area contributed by atoms with E-state index in [2.05, 4.69) is 29.2 Å². The van der Waals surface area contributed by atoms with E-state index in [1.54, 1.807) is 6.26 Å². The Balaban J connectivity index is 1.46. The molecular formula is C25H21NO3. The molecule has 29 heavy (non-hydrogen) atoms. The van der Waals surface area contributed by atoms with Crippen LogP contribution in [-0.4, -0.2) is 18.2 Å². The maximum atomic E-state index is 13.1. The highest BCUT2D eigenvalue weighted by atomic mass is 16.5. The van der Waals surface area contributed by atoms with Crippen molar-refractivity contribution < 1.29 is 9.15 Å². The molecule has 3 aromatic carbocycles. The second-order valence-electron chi connectivity index (χ2n) is 7.33. The first-order valence-corrected chi connectivity index (χ1v) is 9.81. The van der Waals surface area contributed by atoms with E-state index in [-0.39, 0.29) is 5.43 Å². The predicted octanol–water partition coefficient (Wildman–Crippen LogP) is 4.85. The van der Waals surface area contributed by atoms with Crippen LogP contribution in [0.15, 0.2) is 88.3 Å². The number of ether oxygens (including phenoxy) is 1. The topological polar surface area (TPSA) is 42.7 Å². The SMILES string of the molecule is O=c1c(-c2ccccc2)coc2c3c(ccc12)OCN(CCc1ccccc1)C3. The average molecular weight is 383 g/mol. The summed E-state index contributed by atoms with van der Waals surface area (Å²) >= 11 is 0. The summed E-state index contributed by atoms with van der Waals surface area (Å²) in [5, 5.41) is 0.596. The molecule has 0 aliphatic carbocycles. The summed E-state index contributed by atoms with van der Waals surface area (Å²) in [6.07, 6.45) is 2.52. The normalized spacial score (nSPS) is 13.8. The van der Waals surface area contributed by atoms with Gasteiger partial charge in [0.2, 0.25) is 5.43 Å². The molecule has 5 rings (SSSR count). The maximum Gasteiger partial charge on any atom is 0.200 e. The molecule has 2 heterocycles. The summed E-state index contributed by atoms with van der Waals surface area (Å²) in [5.74, 6) is 0.795. The number of fused-ring (bicyclic) bond motifs is 3. The fourth-order valence-corrected chi connectivity index (χ4v) is 3.85. The van der Waals surface area contributed by atoms with Gasteiger partial charge in [0.1, 0.15) is 24.3 Å². The van der Waals surface area contributed by atoms with Gasteiger partial charge in [0.25, 0.3) is 0 Å². The molecule has 0 bridgehead atoms. The summed E-state index contributed by atoms with van der Waals surface area (Å²) in [7, 11) is 0. The van der Waals surface area contributed by atoms with Gasteiger partial charge in [-0.2, -0.15) is 0 Å². The minimum Gasteiger partial charge on any atom is -0.478 e. The van der Waals surface area contributed by atoms with Gasteiger partial charge in [0.05, 0.1) is 16.5 Å². The summed E-state index contributed by atoms with van der Waals surface area (Å²) in [6, 6.07) is 23.7. The zero-order chi connectivity index (χ0) is 19.6. The Morgan fingerprint density at radius 2 is 1.66 bits per heavy atom. The monoisotopic (exact) mass is 383 g/mol. The highest BCUT2D eigenvalue weighted by molar-refractivity contribution is 5.85. The van der Waals surface area contributed by atoms with Crippen molar-refractivity contribution in [3.8, 4) is 16.9 Å². The largest absolute Gasteiger partial charge is 0.478 e. The molecule has 0 unspecified atom stereocenters. The number of hydrogen-bond donors (Lipinski definition) is 0. The Morgan fingerprint density at radius 3 is 2.45 bits per heavy atom. The van der Waals surface area contributed by atoms with Gasteiger partial charge in [-0.1, -0.05) is 60.7 Å². The van der Waals surface area contributed by atoms with Crippen molar-refractivity contribution in [1.29, 1.82) is 0 Å². The minimum atomic E-state index is -0.0124. The molecule has 0 spiro atoms. The van der Waals surface area contributed by atoms with Crippen molar-refractivity contribution in [1.82, 2.24) is 4.90 Å². The van der Waals surface area contributed by atoms with Crippen LogP contribution in [0.4, 0.5) is 0 Å². The summed E-state index contributed by atoms with van der Waals surface area (Å²) in [4.78, 5) is 15.3. The highest BCUT2D eigenvalue weighted by Gasteiger charge is 2.22. The zero-order valence-electron chi connectivity index (χ0n) is 16.0. The van der Waals surface area contributed by atoms with Gasteiger partial charge in [-0.25, -0.2) is 0 Å². The summed E-state index contributed by atoms with van der Waals surface area (Å²) < 4.78 is 11.9. The quantitative estimate of drug-likeness (QED) is 0.505. The number of benzene rings is 3. The van der Waals surface area contributed by atoms with Gasteiger partial charge in [0, 0.05) is 13.1 Å². The Labute approximate surface area is 169 Å². The van der Waals surface area contributed by atoms with Crippen molar-refractivity contribution in [2.24, 2.45) is 0 Å². The molecule has 4 heteroatoms. The van der Waals surface area contributed by atoms with Crippen LogP contribution in [0, 0.1) is 0 Å². The number of rotatable bonds is 4. The van der Waals surface area contributed by atoms with E-state index in [0.29, 0.717) is 29.8 Å². The first-order valence-electron chi connectivity index (χ1n) is 9.81. The van der Waals surface area contributed by atoms with Crippen molar-refractivity contribution in [3.63, 3.8) is 0 Å². The highest BCUT2D eigenvalue weighted by Crippen LogP contribution is 2.32. The molecule has 144 valence electrons. The Kier molecular flexibility index (Phi) is 4.62. The third-order valence-electron chi connectivity index (χ3n) is 5.43. The number of nitrogens with zero attached hydrogens (tertiary/aromatic N) is 1. The van der Waals surface area contributed by atoms with Crippen molar-refractivity contribution in [2.45, 2.75) is 13.0 Å². The lowest BCUT2D eigenvalue weighted by Gasteiger charge is -2.29. The van der Waals surface area contributed by atoms with Crippen LogP contribution in [0.1, 0.15) is 11.1 Å². The van der Waals surface area contributed by atoms with Crippen LogP contribution in [0.2, 0.25) is 0 Å². The molecule has 0 N–H and O–H groups in total. The predicted molar refractivity (Wildman–Crippen MR) is 114 cm³/mol. The molecular weight excluding hydrogens is 362 g/mol. The lowest BCUT2D eigenvalue weighted by atomic mass is 10.0. The molecule has 1 aliphatic rings. The van der Waals surface area contributed by atoms with E-state index in [9.17, 15) is 4.79 Å². The first kappa shape index (κ1) is 17.7. The fraction of sp³-hybridized carbons (Fsp3) is 0.160. The lowest BCUT2D eigenvalue weighted by Crippen LogP contribution is -2.33. The van der Waals surface area contributed by atoms with Crippen LogP contribution < -0.4 is 10.2 Å². The molecule has 0 saturated carbocycles. The number of hydrogen-bond acceptors (Lipinski definition) is 4. The van der Waals surface area contributed by atoms with Crippen LogP contribution in [0.5, 0.6) is 5.75 Å². The fourth-order valence-electron chi connectivity index (χ4n) is 3.85. The van der Waals surface area contributed by atoms with Gasteiger partial charge in [-0.05, 0) is 29.7 Å². The van der Waals surface area contributed by atoms with Crippen molar-refractivity contribution >= 4 is 11.0 Å². The Bertz CT molecular complexity index is 1200. The van der Waals surface area contributed by atoms with E-state index < -0.39 is 0 Å². The van der Waals surface area contributed by atoms with E-state index >= 15 is 0 Å². The van der Waals surface area contributed by atoms with Crippen LogP contribution in [-0.2, 0) is 13.0 Å². The van der Waals surface area contributed by atoms with Crippen molar-refractivity contribution in [3.05, 3.63) is 100 Å². The zero-order valence-corrected chi connectivity index (χ0v) is 16.0. The maximum absolute atomic E-state index is 13.1. The van der Waals surface area contributed by atoms with Crippen LogP contribution in [0.3, 0.4) is 0 Å². The second kappa shape index (κ2) is 7.57. The van der Waals surface area contributed by atoms with E-state index in [0.717, 1.165) is 29.8 Å². The lowest BCUT2D eigenvalue weighted by molar-refractivity contribution is 0.0968. The molecule has 0 atom stereocenters. The molecule has 1 aromatic heterocycles. The second-order valence-corrected chi connectivity index (χ2v) is 7.33. The molecule has 0 amide bonds. The van der Waals surface area contributed by atoms with Gasteiger partial charge in [-0.3, -0.25) is 9.69 Å². The Morgan fingerprint density at radius 1 is 0.897 bits per heavy atom. The van der Waals surface area contributed by atoms with Gasteiger partial charge >= 0.3 is 0 Å². The summed E-state index contributed by atoms with van der Waals surface area (Å²) in [5.41, 5.74) is 4.30. The standard InChI is InChI=1S/C25H21NO3/c27-24-20-11-12-23-21(25(20)28-16-22(24)19-9-5-2-6-10-19)15-26(17-29-23)14-13-18-7-3-1-4-8-18/h1-12,16H,13-15,17H2. The third kappa shape index (κ3) is 3.43. The van der Waals surface area contributed by atoms with Gasteiger partial charge < -0.3 is 9.15 Å². The van der Waals surface area contributed by atoms with Crippen LogP contribution in [0.25, 0.3) is 22.1 Å². The summed E-state index contributed by atoms with van der Waals surface area (Å²) in [6.45, 7) is 2.12. The third-order valence-corrected chi connectivity index (χ3v) is 5.43.